The molecule has 0 saturated carbocycles. The maximum Gasteiger partial charge on any atom is 0.272 e. The van der Waals surface area contributed by atoms with Gasteiger partial charge in [0.2, 0.25) is 5.91 Å². The molecule has 0 bridgehead atoms. The Morgan fingerprint density at radius 2 is 1.78 bits per heavy atom. The molecule has 2 heterocycles. The van der Waals surface area contributed by atoms with E-state index in [0.717, 1.165) is 4.90 Å². The monoisotopic (exact) mass is 518 g/mol. The molecule has 0 fully saturated rings. The van der Waals surface area contributed by atoms with E-state index in [0.29, 0.717) is 22.1 Å². The number of aromatic nitrogens is 1. The molecule has 36 heavy (non-hydrogen) atoms. The fourth-order valence-electron chi connectivity index (χ4n) is 3.02. The zero-order valence-electron chi connectivity index (χ0n) is 19.1. The van der Waals surface area contributed by atoms with Gasteiger partial charge in [-0.1, -0.05) is 18.2 Å². The topological polar surface area (TPSA) is 113 Å². The Morgan fingerprint density at radius 1 is 1.00 bits per heavy atom. The lowest BCUT2D eigenvalue weighted by Gasteiger charge is -2.12. The van der Waals surface area contributed by atoms with Crippen LogP contribution in [0.25, 0.3) is 6.08 Å². The Morgan fingerprint density at radius 3 is 2.44 bits per heavy atom. The summed E-state index contributed by atoms with van der Waals surface area (Å²) < 4.78 is 5.31. The summed E-state index contributed by atoms with van der Waals surface area (Å²) in [4.78, 5) is 42.9. The normalized spacial score (nSPS) is 12.0. The number of nitrogens with one attached hydrogen (secondary N) is 3. The highest BCUT2D eigenvalue weighted by molar-refractivity contribution is 8.00. The van der Waals surface area contributed by atoms with Crippen LogP contribution in [0.5, 0.6) is 0 Å². The van der Waals surface area contributed by atoms with Crippen LogP contribution in [0.2, 0.25) is 0 Å². The van der Waals surface area contributed by atoms with Gasteiger partial charge in [-0.3, -0.25) is 14.4 Å². The molecule has 0 saturated heterocycles. The van der Waals surface area contributed by atoms with E-state index in [1.807, 2.05) is 19.1 Å². The highest BCUT2D eigenvalue weighted by atomic mass is 32.2. The van der Waals surface area contributed by atoms with Crippen molar-refractivity contribution in [2.75, 3.05) is 10.6 Å². The molecule has 10 heteroatoms. The number of carbonyl (C=O) groups is 3. The summed E-state index contributed by atoms with van der Waals surface area (Å²) in [5.41, 5.74) is 0.985. The summed E-state index contributed by atoms with van der Waals surface area (Å²) in [6.45, 7) is 1.81. The van der Waals surface area contributed by atoms with Crippen molar-refractivity contribution < 1.29 is 18.8 Å². The molecule has 0 aliphatic carbocycles. The zero-order valence-corrected chi connectivity index (χ0v) is 20.8. The molecule has 0 aliphatic rings. The number of thioether (sulfide) groups is 1. The van der Waals surface area contributed by atoms with Gasteiger partial charge in [0.1, 0.15) is 11.5 Å². The molecule has 0 radical (unpaired) electrons. The number of rotatable bonds is 9. The lowest BCUT2D eigenvalue weighted by molar-refractivity contribution is -0.115. The zero-order chi connectivity index (χ0) is 25.3. The first-order chi connectivity index (χ1) is 17.5. The van der Waals surface area contributed by atoms with Gasteiger partial charge in [0.05, 0.1) is 11.5 Å². The first-order valence-electron chi connectivity index (χ1n) is 10.9. The van der Waals surface area contributed by atoms with Gasteiger partial charge >= 0.3 is 0 Å². The van der Waals surface area contributed by atoms with Gasteiger partial charge in [0.25, 0.3) is 11.8 Å². The summed E-state index contributed by atoms with van der Waals surface area (Å²) in [5.74, 6) is -0.646. The number of furan rings is 1. The van der Waals surface area contributed by atoms with Gasteiger partial charge in [0, 0.05) is 33.8 Å². The maximum atomic E-state index is 13.0. The Hall–Kier alpha value is -4.15. The second-order valence-electron chi connectivity index (χ2n) is 7.46. The molecule has 3 N–H and O–H groups in total. The molecule has 4 aromatic rings. The first-order valence-corrected chi connectivity index (χ1v) is 12.6. The van der Waals surface area contributed by atoms with Crippen molar-refractivity contribution in [2.45, 2.75) is 17.1 Å². The highest BCUT2D eigenvalue weighted by Gasteiger charge is 2.17. The summed E-state index contributed by atoms with van der Waals surface area (Å²) in [6, 6.07) is 19.1. The summed E-state index contributed by atoms with van der Waals surface area (Å²) in [7, 11) is 0. The van der Waals surface area contributed by atoms with Gasteiger partial charge < -0.3 is 20.4 Å². The third-order valence-corrected chi connectivity index (χ3v) is 6.62. The molecular weight excluding hydrogens is 496 g/mol. The van der Waals surface area contributed by atoms with E-state index in [-0.39, 0.29) is 16.9 Å². The minimum atomic E-state index is -0.507. The Labute approximate surface area is 215 Å². The maximum absolute atomic E-state index is 13.0. The molecular formula is C26H22N4O4S2. The van der Waals surface area contributed by atoms with Crippen LogP contribution in [0.1, 0.15) is 23.0 Å². The first kappa shape index (κ1) is 25.0. The van der Waals surface area contributed by atoms with Crippen LogP contribution in [-0.4, -0.2) is 28.0 Å². The number of carbonyl (C=O) groups excluding carboxylic acids is 3. The lowest BCUT2D eigenvalue weighted by Crippen LogP contribution is -2.30. The average Bonchev–Trinajstić information content (AvgIpc) is 3.60. The van der Waals surface area contributed by atoms with Crippen molar-refractivity contribution in [1.29, 1.82) is 0 Å². The van der Waals surface area contributed by atoms with E-state index >= 15 is 0 Å². The minimum absolute atomic E-state index is 0.0322. The number of benzene rings is 2. The second-order valence-corrected chi connectivity index (χ2v) is 9.77. The van der Waals surface area contributed by atoms with E-state index in [1.165, 1.54) is 35.4 Å². The molecule has 2 aromatic carbocycles. The van der Waals surface area contributed by atoms with E-state index in [4.69, 9.17) is 4.42 Å². The minimum Gasteiger partial charge on any atom is -0.465 e. The number of nitrogens with zero attached hydrogens (tertiary/aromatic N) is 1. The molecule has 3 amide bonds. The van der Waals surface area contributed by atoms with Gasteiger partial charge in [0.15, 0.2) is 5.13 Å². The number of hydrogen-bond donors (Lipinski definition) is 3. The van der Waals surface area contributed by atoms with E-state index in [9.17, 15) is 14.4 Å². The molecule has 182 valence electrons. The summed E-state index contributed by atoms with van der Waals surface area (Å²) in [6.07, 6.45) is 4.57. The largest absolute Gasteiger partial charge is 0.465 e. The fourth-order valence-corrected chi connectivity index (χ4v) is 4.42. The number of amides is 3. The quantitative estimate of drug-likeness (QED) is 0.206. The van der Waals surface area contributed by atoms with Crippen LogP contribution in [0, 0.1) is 0 Å². The molecule has 0 aliphatic heterocycles. The number of anilines is 2. The van der Waals surface area contributed by atoms with Crippen LogP contribution >= 0.6 is 23.1 Å². The summed E-state index contributed by atoms with van der Waals surface area (Å²) in [5, 5.41) is 10.2. The van der Waals surface area contributed by atoms with Crippen LogP contribution in [-0.2, 0) is 9.59 Å². The van der Waals surface area contributed by atoms with Crippen molar-refractivity contribution >= 4 is 57.7 Å². The van der Waals surface area contributed by atoms with Crippen molar-refractivity contribution in [1.82, 2.24) is 10.3 Å². The average molecular weight is 519 g/mol. The smallest absolute Gasteiger partial charge is 0.272 e. The molecule has 1 atom stereocenters. The highest BCUT2D eigenvalue weighted by Crippen LogP contribution is 2.26. The van der Waals surface area contributed by atoms with Crippen LogP contribution < -0.4 is 16.0 Å². The third-order valence-electron chi connectivity index (χ3n) is 4.82. The van der Waals surface area contributed by atoms with Gasteiger partial charge in [-0.05, 0) is 55.5 Å². The molecule has 4 rings (SSSR count). The van der Waals surface area contributed by atoms with Gasteiger partial charge in [-0.2, -0.15) is 0 Å². The summed E-state index contributed by atoms with van der Waals surface area (Å²) >= 11 is 2.75. The SMILES string of the molecule is CC(Sc1ccc(NC(=O)/C(=C/c2ccco2)NC(=O)c2ccccc2)cc1)C(=O)Nc1nccs1. The van der Waals surface area contributed by atoms with Gasteiger partial charge in [-0.15, -0.1) is 23.1 Å². The predicted molar refractivity (Wildman–Crippen MR) is 142 cm³/mol. The Bertz CT molecular complexity index is 1340. The van der Waals surface area contributed by atoms with E-state index in [2.05, 4.69) is 20.9 Å². The van der Waals surface area contributed by atoms with E-state index < -0.39 is 11.8 Å². The molecule has 8 nitrogen and oxygen atoms in total. The van der Waals surface area contributed by atoms with Crippen molar-refractivity contribution in [2.24, 2.45) is 0 Å². The van der Waals surface area contributed by atoms with E-state index in [1.54, 1.807) is 66.2 Å². The predicted octanol–water partition coefficient (Wildman–Crippen LogP) is 5.27. The molecule has 2 aromatic heterocycles. The lowest BCUT2D eigenvalue weighted by atomic mass is 10.2. The Balaban J connectivity index is 1.40. The third kappa shape index (κ3) is 6.94. The van der Waals surface area contributed by atoms with Gasteiger partial charge in [-0.25, -0.2) is 4.98 Å². The van der Waals surface area contributed by atoms with Crippen molar-refractivity contribution in [3.05, 3.63) is 102 Å². The van der Waals surface area contributed by atoms with Crippen LogP contribution in [0.3, 0.4) is 0 Å². The van der Waals surface area contributed by atoms with Crippen molar-refractivity contribution in [3.8, 4) is 0 Å². The molecule has 1 unspecified atom stereocenters. The number of thiazole rings is 1. The van der Waals surface area contributed by atoms with Crippen LogP contribution in [0.4, 0.5) is 10.8 Å². The van der Waals surface area contributed by atoms with Crippen molar-refractivity contribution in [3.63, 3.8) is 0 Å². The fraction of sp³-hybridized carbons (Fsp3) is 0.0769. The standard InChI is InChI=1S/C26H22N4O4S2/c1-17(23(31)30-26-27-13-15-35-26)36-21-11-9-19(10-12-21)28-25(33)22(16-20-8-5-14-34-20)29-24(32)18-6-3-2-4-7-18/h2-17H,1H3,(H,28,33)(H,29,32)(H,27,30,31)/b22-16-. The number of hydrogen-bond acceptors (Lipinski definition) is 7. The van der Waals surface area contributed by atoms with Crippen LogP contribution in [0.15, 0.2) is 99.6 Å². The Kier molecular flexibility index (Phi) is 8.32. The molecule has 0 spiro atoms. The second kappa shape index (κ2) is 12.0.